The number of pyridine rings is 1. The molecule has 0 aromatic carbocycles. The lowest BCUT2D eigenvalue weighted by Gasteiger charge is -2.20. The summed E-state index contributed by atoms with van der Waals surface area (Å²) >= 11 is 0. The second-order valence-electron chi connectivity index (χ2n) is 5.12. The van der Waals surface area contributed by atoms with Gasteiger partial charge in [-0.05, 0) is 38.8 Å². The predicted molar refractivity (Wildman–Crippen MR) is 79.0 cm³/mol. The molecule has 19 heavy (non-hydrogen) atoms. The van der Waals surface area contributed by atoms with E-state index in [1.54, 1.807) is 0 Å². The number of aliphatic imine (C=N–C) groups is 1. The van der Waals surface area contributed by atoms with Crippen LogP contribution in [-0.4, -0.2) is 17.0 Å². The van der Waals surface area contributed by atoms with Gasteiger partial charge in [0.15, 0.2) is 0 Å². The van der Waals surface area contributed by atoms with E-state index in [-0.39, 0.29) is 0 Å². The number of hydrogen-bond donors (Lipinski definition) is 3. The smallest absolute Gasteiger partial charge is 0.210 e. The van der Waals surface area contributed by atoms with Crippen LogP contribution in [0.25, 0.3) is 0 Å². The van der Waals surface area contributed by atoms with Crippen LogP contribution in [0, 0.1) is 13.8 Å². The van der Waals surface area contributed by atoms with Gasteiger partial charge in [-0.2, -0.15) is 0 Å². The van der Waals surface area contributed by atoms with Gasteiger partial charge in [0.25, 0.3) is 0 Å². The predicted octanol–water partition coefficient (Wildman–Crippen LogP) is 2.26. The van der Waals surface area contributed by atoms with Crippen molar-refractivity contribution in [1.29, 1.82) is 0 Å². The molecule has 0 spiro atoms. The summed E-state index contributed by atoms with van der Waals surface area (Å²) in [5, 5.41) is 3.22. The van der Waals surface area contributed by atoms with Gasteiger partial charge in [-0.15, -0.1) is 0 Å². The highest BCUT2D eigenvalue weighted by molar-refractivity contribution is 5.93. The zero-order chi connectivity index (χ0) is 13.7. The van der Waals surface area contributed by atoms with Gasteiger partial charge < -0.3 is 5.32 Å². The van der Waals surface area contributed by atoms with Crippen molar-refractivity contribution in [2.24, 2.45) is 10.8 Å². The normalized spacial score (nSPS) is 17.3. The van der Waals surface area contributed by atoms with Gasteiger partial charge in [0.1, 0.15) is 0 Å². The Balaban J connectivity index is 2.07. The first-order valence-corrected chi connectivity index (χ1v) is 6.94. The van der Waals surface area contributed by atoms with Gasteiger partial charge in [0.05, 0.1) is 17.4 Å². The molecule has 4 N–H and O–H groups in total. The fourth-order valence-electron chi connectivity index (χ4n) is 2.44. The molecule has 104 valence electrons. The van der Waals surface area contributed by atoms with Gasteiger partial charge in [-0.1, -0.05) is 19.3 Å². The van der Waals surface area contributed by atoms with E-state index in [1.807, 2.05) is 26.0 Å². The largest absolute Gasteiger partial charge is 0.324 e. The SMILES string of the molecule is Cc1ccc(NC(=NC2CCCCC2)NN)c(C)n1. The molecule has 1 fully saturated rings. The van der Waals surface area contributed by atoms with E-state index < -0.39 is 0 Å². The van der Waals surface area contributed by atoms with Gasteiger partial charge in [0.2, 0.25) is 5.96 Å². The molecule has 0 saturated heterocycles. The number of nitrogens with zero attached hydrogens (tertiary/aromatic N) is 2. The van der Waals surface area contributed by atoms with Crippen LogP contribution < -0.4 is 16.6 Å². The monoisotopic (exact) mass is 261 g/mol. The summed E-state index contributed by atoms with van der Waals surface area (Å²) in [6.07, 6.45) is 6.15. The van der Waals surface area contributed by atoms with Crippen molar-refractivity contribution in [2.75, 3.05) is 5.32 Å². The first-order valence-electron chi connectivity index (χ1n) is 6.94. The fraction of sp³-hybridized carbons (Fsp3) is 0.571. The molecular formula is C14H23N5. The summed E-state index contributed by atoms with van der Waals surface area (Å²) in [4.78, 5) is 9.08. The Morgan fingerprint density at radius 3 is 2.63 bits per heavy atom. The maximum atomic E-state index is 5.55. The highest BCUT2D eigenvalue weighted by Gasteiger charge is 2.13. The lowest BCUT2D eigenvalue weighted by molar-refractivity contribution is 0.442. The fourth-order valence-corrected chi connectivity index (χ4v) is 2.44. The number of nitrogens with two attached hydrogens (primary N) is 1. The molecule has 2 rings (SSSR count). The van der Waals surface area contributed by atoms with E-state index in [4.69, 9.17) is 5.84 Å². The third kappa shape index (κ3) is 3.92. The van der Waals surface area contributed by atoms with Gasteiger partial charge in [-0.3, -0.25) is 10.4 Å². The Labute approximate surface area is 114 Å². The maximum absolute atomic E-state index is 5.55. The van der Waals surface area contributed by atoms with Crippen molar-refractivity contribution in [3.8, 4) is 0 Å². The number of aryl methyl sites for hydroxylation is 2. The van der Waals surface area contributed by atoms with Crippen LogP contribution in [0.15, 0.2) is 17.1 Å². The molecule has 1 aliphatic rings. The lowest BCUT2D eigenvalue weighted by atomic mass is 9.96. The summed E-state index contributed by atoms with van der Waals surface area (Å²) in [6, 6.07) is 4.36. The molecule has 5 nitrogen and oxygen atoms in total. The van der Waals surface area contributed by atoms with E-state index in [2.05, 4.69) is 20.7 Å². The number of nitrogens with one attached hydrogen (secondary N) is 2. The molecule has 0 bridgehead atoms. The number of guanidine groups is 1. The molecule has 1 aliphatic carbocycles. The molecule has 1 aromatic rings. The summed E-state index contributed by atoms with van der Waals surface area (Å²) in [5.41, 5.74) is 5.55. The van der Waals surface area contributed by atoms with Crippen LogP contribution >= 0.6 is 0 Å². The average molecular weight is 261 g/mol. The number of aromatic nitrogens is 1. The van der Waals surface area contributed by atoms with Gasteiger partial charge in [-0.25, -0.2) is 10.8 Å². The van der Waals surface area contributed by atoms with Gasteiger partial charge in [0, 0.05) is 5.69 Å². The van der Waals surface area contributed by atoms with Crippen LogP contribution in [0.2, 0.25) is 0 Å². The van der Waals surface area contributed by atoms with Crippen LogP contribution in [0.3, 0.4) is 0 Å². The molecule has 1 saturated carbocycles. The first kappa shape index (κ1) is 13.8. The summed E-state index contributed by atoms with van der Waals surface area (Å²) < 4.78 is 0. The zero-order valence-electron chi connectivity index (χ0n) is 11.7. The van der Waals surface area contributed by atoms with E-state index in [0.29, 0.717) is 12.0 Å². The van der Waals surface area contributed by atoms with E-state index in [9.17, 15) is 0 Å². The topological polar surface area (TPSA) is 75.3 Å². The third-order valence-electron chi connectivity index (χ3n) is 3.50. The van der Waals surface area contributed by atoms with Crippen LogP contribution in [0.5, 0.6) is 0 Å². The number of rotatable bonds is 2. The molecule has 1 aromatic heterocycles. The van der Waals surface area contributed by atoms with E-state index in [1.165, 1.54) is 19.3 Å². The average Bonchev–Trinajstić information content (AvgIpc) is 2.42. The van der Waals surface area contributed by atoms with Crippen molar-refractivity contribution in [1.82, 2.24) is 10.4 Å². The summed E-state index contributed by atoms with van der Waals surface area (Å²) in [5.74, 6) is 6.18. The summed E-state index contributed by atoms with van der Waals surface area (Å²) in [6.45, 7) is 3.96. The Morgan fingerprint density at radius 2 is 2.00 bits per heavy atom. The van der Waals surface area contributed by atoms with Crippen LogP contribution in [0.1, 0.15) is 43.5 Å². The van der Waals surface area contributed by atoms with Crippen molar-refractivity contribution < 1.29 is 0 Å². The van der Waals surface area contributed by atoms with Gasteiger partial charge >= 0.3 is 0 Å². The maximum Gasteiger partial charge on any atom is 0.210 e. The van der Waals surface area contributed by atoms with Crippen molar-refractivity contribution in [3.63, 3.8) is 0 Å². The Kier molecular flexibility index (Phi) is 4.74. The molecule has 5 heteroatoms. The minimum Gasteiger partial charge on any atom is -0.324 e. The second-order valence-corrected chi connectivity index (χ2v) is 5.12. The Morgan fingerprint density at radius 1 is 1.26 bits per heavy atom. The Hall–Kier alpha value is -1.62. The molecule has 0 unspecified atom stereocenters. The Bertz CT molecular complexity index is 449. The number of hydrogen-bond acceptors (Lipinski definition) is 3. The molecule has 0 aliphatic heterocycles. The van der Waals surface area contributed by atoms with Crippen LogP contribution in [0.4, 0.5) is 5.69 Å². The second kappa shape index (κ2) is 6.52. The lowest BCUT2D eigenvalue weighted by Crippen LogP contribution is -2.37. The highest BCUT2D eigenvalue weighted by Crippen LogP contribution is 2.20. The summed E-state index contributed by atoms with van der Waals surface area (Å²) in [7, 11) is 0. The van der Waals surface area contributed by atoms with Crippen LogP contribution in [-0.2, 0) is 0 Å². The number of hydrazine groups is 1. The highest BCUT2D eigenvalue weighted by atomic mass is 15.3. The number of anilines is 1. The molecule has 0 radical (unpaired) electrons. The van der Waals surface area contributed by atoms with E-state index >= 15 is 0 Å². The molecule has 0 amide bonds. The third-order valence-corrected chi connectivity index (χ3v) is 3.50. The van der Waals surface area contributed by atoms with Crippen molar-refractivity contribution in [3.05, 3.63) is 23.5 Å². The quantitative estimate of drug-likeness (QED) is 0.330. The minimum atomic E-state index is 0.381. The minimum absolute atomic E-state index is 0.381. The van der Waals surface area contributed by atoms with E-state index in [0.717, 1.165) is 29.9 Å². The zero-order valence-corrected chi connectivity index (χ0v) is 11.7. The first-order chi connectivity index (χ1) is 9.19. The van der Waals surface area contributed by atoms with Crippen molar-refractivity contribution >= 4 is 11.6 Å². The molecule has 1 heterocycles. The molecular weight excluding hydrogens is 238 g/mol. The standard InChI is InChI=1S/C14H23N5/c1-10-8-9-13(11(2)16-10)18-14(19-15)17-12-6-4-3-5-7-12/h8-9,12H,3-7,15H2,1-2H3,(H2,17,18,19). The van der Waals surface area contributed by atoms with Crippen molar-refractivity contribution in [2.45, 2.75) is 52.0 Å². The molecule has 0 atom stereocenters.